The average Bonchev–Trinajstić information content (AvgIpc) is 2.64. The molecule has 0 aliphatic rings. The van der Waals surface area contributed by atoms with E-state index >= 15 is 0 Å². The standard InChI is InChI=1S/C23H40O3S.Na.H/c1-2-3-4-5-6-7-8-9-10-11-12-13-14-18-21-23(27(24,25)26)22-19-16-15-17-20-22;;/h15-17,19-20,23H,2-14,18,21H2,1H3,(H,24,25,26);;. The molecule has 0 aromatic heterocycles. The fraction of sp³-hybridized carbons (Fsp3) is 0.739. The first-order chi connectivity index (χ1) is 13.1. The van der Waals surface area contributed by atoms with E-state index in [1.807, 2.05) is 18.2 Å². The second-order valence-corrected chi connectivity index (χ2v) is 9.40. The van der Waals surface area contributed by atoms with E-state index in [9.17, 15) is 13.0 Å². The normalized spacial score (nSPS) is 12.5. The predicted octanol–water partition coefficient (Wildman–Crippen LogP) is 6.84. The summed E-state index contributed by atoms with van der Waals surface area (Å²) in [6.45, 7) is 2.26. The second kappa shape index (κ2) is 17.9. The second-order valence-electron chi connectivity index (χ2n) is 7.80. The molecule has 0 fully saturated rings. The molecular formula is C23H41NaO3S. The van der Waals surface area contributed by atoms with Crippen molar-refractivity contribution in [2.45, 2.75) is 108 Å². The molecule has 1 rings (SSSR count). The van der Waals surface area contributed by atoms with Crippen LogP contribution in [0.2, 0.25) is 0 Å². The van der Waals surface area contributed by atoms with Crippen molar-refractivity contribution in [2.75, 3.05) is 0 Å². The van der Waals surface area contributed by atoms with Crippen molar-refractivity contribution < 1.29 is 13.0 Å². The van der Waals surface area contributed by atoms with Gasteiger partial charge in [-0.15, -0.1) is 0 Å². The number of rotatable bonds is 17. The molecule has 0 amide bonds. The van der Waals surface area contributed by atoms with Gasteiger partial charge in [0.05, 0.1) is 0 Å². The summed E-state index contributed by atoms with van der Waals surface area (Å²) < 4.78 is 32.8. The van der Waals surface area contributed by atoms with Gasteiger partial charge in [0.1, 0.15) is 5.25 Å². The van der Waals surface area contributed by atoms with Crippen LogP contribution in [0.25, 0.3) is 0 Å². The molecule has 0 heterocycles. The summed E-state index contributed by atoms with van der Waals surface area (Å²) in [5, 5.41) is -0.781. The Morgan fingerprint density at radius 1 is 0.714 bits per heavy atom. The van der Waals surface area contributed by atoms with Gasteiger partial charge in [0.2, 0.25) is 0 Å². The van der Waals surface area contributed by atoms with Gasteiger partial charge in [0, 0.05) is 0 Å². The van der Waals surface area contributed by atoms with E-state index < -0.39 is 15.4 Å². The summed E-state index contributed by atoms with van der Waals surface area (Å²) in [6, 6.07) is 9.05. The molecule has 28 heavy (non-hydrogen) atoms. The molecule has 1 aromatic carbocycles. The van der Waals surface area contributed by atoms with Crippen LogP contribution in [0.15, 0.2) is 30.3 Å². The molecular weight excluding hydrogens is 379 g/mol. The maximum atomic E-state index is 11.7. The van der Waals surface area contributed by atoms with Crippen LogP contribution in [0.4, 0.5) is 0 Å². The summed E-state index contributed by atoms with van der Waals surface area (Å²) >= 11 is 0. The fourth-order valence-electron chi connectivity index (χ4n) is 3.68. The molecule has 0 saturated carbocycles. The van der Waals surface area contributed by atoms with E-state index in [1.165, 1.54) is 70.6 Å². The van der Waals surface area contributed by atoms with E-state index in [2.05, 4.69) is 6.92 Å². The van der Waals surface area contributed by atoms with Crippen molar-refractivity contribution in [1.29, 1.82) is 0 Å². The molecule has 0 spiro atoms. The zero-order chi connectivity index (χ0) is 19.8. The first-order valence-corrected chi connectivity index (χ1v) is 12.6. The van der Waals surface area contributed by atoms with Gasteiger partial charge in [-0.3, -0.25) is 4.55 Å². The minimum absolute atomic E-state index is 0. The van der Waals surface area contributed by atoms with Crippen molar-refractivity contribution in [3.8, 4) is 0 Å². The zero-order valence-electron chi connectivity index (χ0n) is 17.2. The van der Waals surface area contributed by atoms with Crippen LogP contribution in [0.1, 0.15) is 114 Å². The van der Waals surface area contributed by atoms with Crippen molar-refractivity contribution in [2.24, 2.45) is 0 Å². The molecule has 1 atom stereocenters. The van der Waals surface area contributed by atoms with E-state index in [0.717, 1.165) is 19.3 Å². The SMILES string of the molecule is CCCCCCCCCCCCCCCCC(c1ccccc1)S(=O)(=O)O.[NaH]. The van der Waals surface area contributed by atoms with Crippen LogP contribution in [-0.4, -0.2) is 42.5 Å². The fourth-order valence-corrected chi connectivity index (χ4v) is 4.65. The number of benzene rings is 1. The summed E-state index contributed by atoms with van der Waals surface area (Å²) in [5.41, 5.74) is 0.690. The van der Waals surface area contributed by atoms with Gasteiger partial charge in [-0.1, -0.05) is 127 Å². The molecule has 5 heteroatoms. The zero-order valence-corrected chi connectivity index (χ0v) is 18.1. The van der Waals surface area contributed by atoms with Gasteiger partial charge in [-0.2, -0.15) is 8.42 Å². The third-order valence-corrected chi connectivity index (χ3v) is 6.58. The molecule has 3 nitrogen and oxygen atoms in total. The number of hydrogen-bond acceptors (Lipinski definition) is 2. The van der Waals surface area contributed by atoms with Crippen LogP contribution in [0, 0.1) is 0 Å². The molecule has 1 unspecified atom stereocenters. The van der Waals surface area contributed by atoms with Gasteiger partial charge in [-0.05, 0) is 12.0 Å². The quantitative estimate of drug-likeness (QED) is 0.170. The molecule has 0 aliphatic carbocycles. The third-order valence-electron chi connectivity index (χ3n) is 5.35. The Bertz CT molecular complexity index is 560. The van der Waals surface area contributed by atoms with Gasteiger partial charge < -0.3 is 0 Å². The van der Waals surface area contributed by atoms with E-state index in [-0.39, 0.29) is 29.6 Å². The first-order valence-electron chi connectivity index (χ1n) is 11.1. The Labute approximate surface area is 196 Å². The molecule has 1 N–H and O–H groups in total. The van der Waals surface area contributed by atoms with Gasteiger partial charge >= 0.3 is 29.6 Å². The van der Waals surface area contributed by atoms with Gasteiger partial charge in [0.15, 0.2) is 0 Å². The van der Waals surface area contributed by atoms with Gasteiger partial charge in [-0.25, -0.2) is 0 Å². The maximum absolute atomic E-state index is 11.7. The van der Waals surface area contributed by atoms with Crippen LogP contribution >= 0.6 is 0 Å². The Kier molecular flexibility index (Phi) is 18.0. The summed E-state index contributed by atoms with van der Waals surface area (Å²) in [5.74, 6) is 0. The van der Waals surface area contributed by atoms with Crippen LogP contribution in [-0.2, 0) is 10.1 Å². The number of unbranched alkanes of at least 4 members (excludes halogenated alkanes) is 13. The summed E-state index contributed by atoms with van der Waals surface area (Å²) in [4.78, 5) is 0. The Morgan fingerprint density at radius 2 is 1.11 bits per heavy atom. The predicted molar refractivity (Wildman–Crippen MR) is 123 cm³/mol. The van der Waals surface area contributed by atoms with Crippen molar-refractivity contribution in [3.05, 3.63) is 35.9 Å². The Balaban J connectivity index is 0.00000729. The van der Waals surface area contributed by atoms with Crippen molar-refractivity contribution >= 4 is 39.7 Å². The Hall–Kier alpha value is 0.130. The third kappa shape index (κ3) is 14.2. The molecule has 0 saturated heterocycles. The molecule has 0 aliphatic heterocycles. The van der Waals surface area contributed by atoms with E-state index in [4.69, 9.17) is 0 Å². The van der Waals surface area contributed by atoms with Crippen LogP contribution < -0.4 is 0 Å². The first kappa shape index (κ1) is 28.1. The molecule has 0 radical (unpaired) electrons. The van der Waals surface area contributed by atoms with Crippen molar-refractivity contribution in [3.63, 3.8) is 0 Å². The molecule has 1 aromatic rings. The topological polar surface area (TPSA) is 54.4 Å². The van der Waals surface area contributed by atoms with Crippen molar-refractivity contribution in [1.82, 2.24) is 0 Å². The Morgan fingerprint density at radius 3 is 1.50 bits per heavy atom. The van der Waals surface area contributed by atoms with Crippen LogP contribution in [0.3, 0.4) is 0 Å². The van der Waals surface area contributed by atoms with Crippen LogP contribution in [0.5, 0.6) is 0 Å². The average molecular weight is 421 g/mol. The minimum atomic E-state index is -4.04. The monoisotopic (exact) mass is 420 g/mol. The molecule has 0 bridgehead atoms. The summed E-state index contributed by atoms with van der Waals surface area (Å²) in [7, 11) is -4.04. The van der Waals surface area contributed by atoms with E-state index in [1.54, 1.807) is 12.1 Å². The molecule has 158 valence electrons. The van der Waals surface area contributed by atoms with E-state index in [0.29, 0.717) is 12.0 Å². The summed E-state index contributed by atoms with van der Waals surface area (Å²) in [6.07, 6.45) is 18.4. The number of hydrogen-bond donors (Lipinski definition) is 1. The van der Waals surface area contributed by atoms with Gasteiger partial charge in [0.25, 0.3) is 10.1 Å².